The molecule has 0 aliphatic heterocycles. The highest BCUT2D eigenvalue weighted by Crippen LogP contribution is 2.20. The van der Waals surface area contributed by atoms with E-state index in [-0.39, 0.29) is 0 Å². The predicted octanol–water partition coefficient (Wildman–Crippen LogP) is 2.55. The zero-order valence-electron chi connectivity index (χ0n) is 10.9. The van der Waals surface area contributed by atoms with Crippen molar-refractivity contribution >= 4 is 0 Å². The van der Waals surface area contributed by atoms with Crippen LogP contribution in [0.25, 0.3) is 0 Å². The maximum atomic E-state index is 5.60. The molecule has 3 nitrogen and oxygen atoms in total. The number of hydrogen-bond donors (Lipinski definition) is 1. The summed E-state index contributed by atoms with van der Waals surface area (Å²) >= 11 is 0. The van der Waals surface area contributed by atoms with E-state index in [0.717, 1.165) is 13.0 Å². The van der Waals surface area contributed by atoms with Crippen molar-refractivity contribution in [3.63, 3.8) is 0 Å². The molecule has 92 valence electrons. The fourth-order valence-corrected chi connectivity index (χ4v) is 2.15. The normalized spacial score (nSPS) is 11.4. The van der Waals surface area contributed by atoms with Gasteiger partial charge in [0.15, 0.2) is 0 Å². The number of nitrogens with zero attached hydrogens (tertiary/aromatic N) is 1. The second-order valence-electron chi connectivity index (χ2n) is 4.55. The number of aryl methyl sites for hydroxylation is 1. The van der Waals surface area contributed by atoms with E-state index in [9.17, 15) is 0 Å². The first-order chi connectivity index (χ1) is 7.57. The van der Waals surface area contributed by atoms with E-state index in [1.54, 1.807) is 0 Å². The van der Waals surface area contributed by atoms with Crippen molar-refractivity contribution in [2.75, 3.05) is 13.2 Å². The summed E-state index contributed by atoms with van der Waals surface area (Å²) in [6.45, 7) is 10.9. The van der Waals surface area contributed by atoms with Crippen LogP contribution in [0.15, 0.2) is 6.07 Å². The van der Waals surface area contributed by atoms with Gasteiger partial charge < -0.3 is 15.0 Å². The van der Waals surface area contributed by atoms with Gasteiger partial charge in [-0.05, 0) is 52.3 Å². The Hall–Kier alpha value is -0.800. The molecule has 0 aliphatic carbocycles. The molecule has 0 unspecified atom stereocenters. The molecule has 0 spiro atoms. The van der Waals surface area contributed by atoms with Crippen LogP contribution in [-0.2, 0) is 11.3 Å². The smallest absolute Gasteiger partial charge is 0.0734 e. The van der Waals surface area contributed by atoms with Crippen LogP contribution in [0.5, 0.6) is 0 Å². The van der Waals surface area contributed by atoms with Gasteiger partial charge in [0.1, 0.15) is 0 Å². The van der Waals surface area contributed by atoms with Crippen molar-refractivity contribution in [2.45, 2.75) is 46.8 Å². The first kappa shape index (κ1) is 13.3. The minimum atomic E-state index is 0.512. The lowest BCUT2D eigenvalue weighted by Gasteiger charge is -2.13. The van der Waals surface area contributed by atoms with Gasteiger partial charge in [0.2, 0.25) is 0 Å². The molecule has 1 aromatic heterocycles. The fourth-order valence-electron chi connectivity index (χ4n) is 2.15. The third kappa shape index (κ3) is 3.09. The summed E-state index contributed by atoms with van der Waals surface area (Å²) in [7, 11) is 0. The molecule has 0 amide bonds. The molecule has 0 aromatic carbocycles. The number of rotatable bonds is 6. The van der Waals surface area contributed by atoms with Crippen LogP contribution < -0.4 is 5.73 Å². The summed E-state index contributed by atoms with van der Waals surface area (Å²) in [6.07, 6.45) is 0.933. The highest BCUT2D eigenvalue weighted by Gasteiger charge is 2.10. The zero-order valence-corrected chi connectivity index (χ0v) is 10.9. The van der Waals surface area contributed by atoms with Gasteiger partial charge in [-0.1, -0.05) is 0 Å². The molecule has 1 aromatic rings. The molecule has 0 atom stereocenters. The average Bonchev–Trinajstić information content (AvgIpc) is 2.49. The highest BCUT2D eigenvalue weighted by molar-refractivity contribution is 5.26. The van der Waals surface area contributed by atoms with Gasteiger partial charge in [0, 0.05) is 24.0 Å². The Morgan fingerprint density at radius 2 is 2.06 bits per heavy atom. The van der Waals surface area contributed by atoms with Crippen LogP contribution in [0.3, 0.4) is 0 Å². The van der Waals surface area contributed by atoms with E-state index < -0.39 is 0 Å². The molecule has 3 heteroatoms. The van der Waals surface area contributed by atoms with Crippen LogP contribution in [0, 0.1) is 13.8 Å². The minimum absolute atomic E-state index is 0.512. The molecule has 2 N–H and O–H groups in total. The molecule has 0 saturated heterocycles. The molecule has 16 heavy (non-hydrogen) atoms. The number of hydrogen-bond acceptors (Lipinski definition) is 2. The van der Waals surface area contributed by atoms with Crippen LogP contribution in [0.1, 0.15) is 43.3 Å². The van der Waals surface area contributed by atoms with Crippen molar-refractivity contribution in [2.24, 2.45) is 5.73 Å². The number of nitrogens with two attached hydrogens (primary N) is 1. The Balaban J connectivity index is 2.64. The first-order valence-corrected chi connectivity index (χ1v) is 6.03. The largest absolute Gasteiger partial charge is 0.377 e. The molecule has 1 heterocycles. The summed E-state index contributed by atoms with van der Waals surface area (Å²) in [5, 5.41) is 0. The quantitative estimate of drug-likeness (QED) is 0.754. The Morgan fingerprint density at radius 1 is 1.38 bits per heavy atom. The van der Waals surface area contributed by atoms with Crippen molar-refractivity contribution in [3.8, 4) is 0 Å². The monoisotopic (exact) mass is 224 g/mol. The van der Waals surface area contributed by atoms with Crippen molar-refractivity contribution in [1.29, 1.82) is 0 Å². The number of aromatic nitrogens is 1. The average molecular weight is 224 g/mol. The van der Waals surface area contributed by atoms with E-state index in [2.05, 4.69) is 38.3 Å². The molecule has 1 rings (SSSR count). The maximum absolute atomic E-state index is 5.60. The van der Waals surface area contributed by atoms with Gasteiger partial charge in [-0.2, -0.15) is 0 Å². The molecule has 0 aliphatic rings. The summed E-state index contributed by atoms with van der Waals surface area (Å²) in [5.41, 5.74) is 9.35. The summed E-state index contributed by atoms with van der Waals surface area (Å²) < 4.78 is 7.94. The van der Waals surface area contributed by atoms with E-state index in [1.807, 2.05) is 0 Å². The lowest BCUT2D eigenvalue weighted by atomic mass is 10.2. The summed E-state index contributed by atoms with van der Waals surface area (Å²) in [6, 6.07) is 2.73. The van der Waals surface area contributed by atoms with Gasteiger partial charge in [0.25, 0.3) is 0 Å². The van der Waals surface area contributed by atoms with Gasteiger partial charge >= 0.3 is 0 Å². The Labute approximate surface area is 98.6 Å². The van der Waals surface area contributed by atoms with E-state index >= 15 is 0 Å². The van der Waals surface area contributed by atoms with Crippen LogP contribution >= 0.6 is 0 Å². The molecular formula is C13H24N2O. The van der Waals surface area contributed by atoms with Gasteiger partial charge in [-0.25, -0.2) is 0 Å². The lowest BCUT2D eigenvalue weighted by Crippen LogP contribution is -2.06. The Bertz CT molecular complexity index is 329. The van der Waals surface area contributed by atoms with Crippen molar-refractivity contribution < 1.29 is 4.74 Å². The standard InChI is InChI=1S/C13H24N2O/c1-10(2)15-11(3)8-13(12(15)4)9-16-7-5-6-14/h8,10H,5-7,9,14H2,1-4H3. The van der Waals surface area contributed by atoms with Gasteiger partial charge in [-0.3, -0.25) is 0 Å². The fraction of sp³-hybridized carbons (Fsp3) is 0.692. The molecule has 0 saturated carbocycles. The SMILES string of the molecule is Cc1cc(COCCCN)c(C)n1C(C)C. The Morgan fingerprint density at radius 3 is 2.56 bits per heavy atom. The van der Waals surface area contributed by atoms with E-state index in [0.29, 0.717) is 19.2 Å². The molecule has 0 fully saturated rings. The number of ether oxygens (including phenoxy) is 1. The van der Waals surface area contributed by atoms with E-state index in [1.165, 1.54) is 17.0 Å². The van der Waals surface area contributed by atoms with E-state index in [4.69, 9.17) is 10.5 Å². The zero-order chi connectivity index (χ0) is 12.1. The maximum Gasteiger partial charge on any atom is 0.0734 e. The molecule has 0 radical (unpaired) electrons. The van der Waals surface area contributed by atoms with Crippen LogP contribution in [-0.4, -0.2) is 17.7 Å². The predicted molar refractivity (Wildman–Crippen MR) is 67.6 cm³/mol. The highest BCUT2D eigenvalue weighted by atomic mass is 16.5. The van der Waals surface area contributed by atoms with Crippen molar-refractivity contribution in [3.05, 3.63) is 23.0 Å². The third-order valence-electron chi connectivity index (χ3n) is 2.86. The van der Waals surface area contributed by atoms with Crippen LogP contribution in [0.4, 0.5) is 0 Å². The Kier molecular flexibility index (Phi) is 5.03. The molecular weight excluding hydrogens is 200 g/mol. The lowest BCUT2D eigenvalue weighted by molar-refractivity contribution is 0.119. The first-order valence-electron chi connectivity index (χ1n) is 6.03. The van der Waals surface area contributed by atoms with Gasteiger partial charge in [0.05, 0.1) is 6.61 Å². The minimum Gasteiger partial charge on any atom is -0.377 e. The summed E-state index contributed by atoms with van der Waals surface area (Å²) in [4.78, 5) is 0. The summed E-state index contributed by atoms with van der Waals surface area (Å²) in [5.74, 6) is 0. The second-order valence-corrected chi connectivity index (χ2v) is 4.55. The van der Waals surface area contributed by atoms with Gasteiger partial charge in [-0.15, -0.1) is 0 Å². The van der Waals surface area contributed by atoms with Crippen molar-refractivity contribution in [1.82, 2.24) is 4.57 Å². The topological polar surface area (TPSA) is 40.2 Å². The molecule has 0 bridgehead atoms. The van der Waals surface area contributed by atoms with Crippen LogP contribution in [0.2, 0.25) is 0 Å². The second kappa shape index (κ2) is 6.06. The third-order valence-corrected chi connectivity index (χ3v) is 2.86.